The van der Waals surface area contributed by atoms with Gasteiger partial charge in [0.15, 0.2) is 0 Å². The van der Waals surface area contributed by atoms with E-state index in [9.17, 15) is 0 Å². The SMILES string of the molecule is NCC1CN(Cc2nnc3n2CCCC3)CCO1. The van der Waals surface area contributed by atoms with E-state index in [0.29, 0.717) is 6.54 Å². The van der Waals surface area contributed by atoms with Crippen LogP contribution in [0.3, 0.4) is 0 Å². The molecule has 6 heteroatoms. The molecule has 1 fully saturated rings. The van der Waals surface area contributed by atoms with Gasteiger partial charge >= 0.3 is 0 Å². The highest BCUT2D eigenvalue weighted by Crippen LogP contribution is 2.16. The Bertz CT molecular complexity index is 405. The fraction of sp³-hybridized carbons (Fsp3) is 0.833. The van der Waals surface area contributed by atoms with Gasteiger partial charge in [0.1, 0.15) is 11.6 Å². The molecular formula is C12H21N5O. The molecular weight excluding hydrogens is 230 g/mol. The van der Waals surface area contributed by atoms with Gasteiger partial charge in [-0.3, -0.25) is 4.90 Å². The van der Waals surface area contributed by atoms with Gasteiger partial charge in [0.2, 0.25) is 0 Å². The molecule has 1 atom stereocenters. The molecule has 0 aromatic carbocycles. The van der Waals surface area contributed by atoms with E-state index in [-0.39, 0.29) is 6.10 Å². The second-order valence-corrected chi connectivity index (χ2v) is 5.10. The van der Waals surface area contributed by atoms with Gasteiger partial charge in [0.25, 0.3) is 0 Å². The van der Waals surface area contributed by atoms with Crippen molar-refractivity contribution < 1.29 is 4.74 Å². The largest absolute Gasteiger partial charge is 0.374 e. The average molecular weight is 251 g/mol. The fourth-order valence-corrected chi connectivity index (χ4v) is 2.75. The van der Waals surface area contributed by atoms with Crippen LogP contribution in [-0.2, 0) is 24.2 Å². The van der Waals surface area contributed by atoms with Gasteiger partial charge in [-0.05, 0) is 12.8 Å². The molecule has 2 N–H and O–H groups in total. The molecule has 6 nitrogen and oxygen atoms in total. The van der Waals surface area contributed by atoms with E-state index in [1.54, 1.807) is 0 Å². The van der Waals surface area contributed by atoms with Crippen molar-refractivity contribution in [1.29, 1.82) is 0 Å². The molecule has 18 heavy (non-hydrogen) atoms. The first kappa shape index (κ1) is 12.1. The van der Waals surface area contributed by atoms with Gasteiger partial charge in [0.05, 0.1) is 19.3 Å². The summed E-state index contributed by atoms with van der Waals surface area (Å²) in [6, 6.07) is 0. The smallest absolute Gasteiger partial charge is 0.147 e. The van der Waals surface area contributed by atoms with E-state index < -0.39 is 0 Å². The summed E-state index contributed by atoms with van der Waals surface area (Å²) in [6.45, 7) is 5.16. The zero-order valence-corrected chi connectivity index (χ0v) is 10.7. The maximum atomic E-state index is 5.66. The molecule has 3 heterocycles. The van der Waals surface area contributed by atoms with Crippen LogP contribution in [0.25, 0.3) is 0 Å². The maximum Gasteiger partial charge on any atom is 0.147 e. The Labute approximate surface area is 107 Å². The van der Waals surface area contributed by atoms with Crippen molar-refractivity contribution in [1.82, 2.24) is 19.7 Å². The van der Waals surface area contributed by atoms with Crippen molar-refractivity contribution in [2.75, 3.05) is 26.2 Å². The monoisotopic (exact) mass is 251 g/mol. The molecule has 100 valence electrons. The van der Waals surface area contributed by atoms with Gasteiger partial charge in [-0.2, -0.15) is 0 Å². The van der Waals surface area contributed by atoms with Crippen LogP contribution in [0.1, 0.15) is 24.5 Å². The zero-order chi connectivity index (χ0) is 12.4. The Kier molecular flexibility index (Phi) is 3.58. The minimum absolute atomic E-state index is 0.169. The van der Waals surface area contributed by atoms with Crippen LogP contribution in [0.15, 0.2) is 0 Å². The Morgan fingerprint density at radius 2 is 2.22 bits per heavy atom. The lowest BCUT2D eigenvalue weighted by molar-refractivity contribution is -0.0271. The van der Waals surface area contributed by atoms with E-state index in [1.807, 2.05) is 0 Å². The normalized spacial score (nSPS) is 25.1. The van der Waals surface area contributed by atoms with Gasteiger partial charge in [0, 0.05) is 32.6 Å². The lowest BCUT2D eigenvalue weighted by Gasteiger charge is -2.32. The molecule has 0 amide bonds. The van der Waals surface area contributed by atoms with Gasteiger partial charge in [-0.1, -0.05) is 0 Å². The van der Waals surface area contributed by atoms with E-state index in [2.05, 4.69) is 19.7 Å². The number of rotatable bonds is 3. The third-order valence-corrected chi connectivity index (χ3v) is 3.79. The molecule has 2 aliphatic rings. The van der Waals surface area contributed by atoms with Crippen molar-refractivity contribution in [3.63, 3.8) is 0 Å². The summed E-state index contributed by atoms with van der Waals surface area (Å²) in [5.74, 6) is 2.25. The number of hydrogen-bond acceptors (Lipinski definition) is 5. The molecule has 1 unspecified atom stereocenters. The standard InChI is InChI=1S/C12H21N5O/c13-7-10-8-16(5-6-18-10)9-12-15-14-11-3-1-2-4-17(11)12/h10H,1-9,13H2. The molecule has 3 rings (SSSR count). The number of aromatic nitrogens is 3. The van der Waals surface area contributed by atoms with Gasteiger partial charge in [-0.15, -0.1) is 10.2 Å². The van der Waals surface area contributed by atoms with Crippen molar-refractivity contribution >= 4 is 0 Å². The summed E-state index contributed by atoms with van der Waals surface area (Å²) < 4.78 is 7.87. The van der Waals surface area contributed by atoms with E-state index in [1.165, 1.54) is 12.8 Å². The Morgan fingerprint density at radius 3 is 3.11 bits per heavy atom. The van der Waals surface area contributed by atoms with Crippen LogP contribution in [0.2, 0.25) is 0 Å². The topological polar surface area (TPSA) is 69.2 Å². The van der Waals surface area contributed by atoms with Gasteiger partial charge < -0.3 is 15.0 Å². The van der Waals surface area contributed by atoms with Crippen LogP contribution in [-0.4, -0.2) is 52.0 Å². The maximum absolute atomic E-state index is 5.66. The number of ether oxygens (including phenoxy) is 1. The first-order chi connectivity index (χ1) is 8.86. The Morgan fingerprint density at radius 1 is 1.28 bits per heavy atom. The average Bonchev–Trinajstić information content (AvgIpc) is 2.83. The van der Waals surface area contributed by atoms with Crippen LogP contribution >= 0.6 is 0 Å². The van der Waals surface area contributed by atoms with Crippen molar-refractivity contribution in [3.05, 3.63) is 11.6 Å². The second-order valence-electron chi connectivity index (χ2n) is 5.10. The van der Waals surface area contributed by atoms with Gasteiger partial charge in [-0.25, -0.2) is 0 Å². The first-order valence-electron chi connectivity index (χ1n) is 6.82. The molecule has 0 aliphatic carbocycles. The lowest BCUT2D eigenvalue weighted by atomic mass is 10.1. The zero-order valence-electron chi connectivity index (χ0n) is 10.7. The van der Waals surface area contributed by atoms with Crippen LogP contribution < -0.4 is 5.73 Å². The summed E-state index contributed by atoms with van der Waals surface area (Å²) in [6.07, 6.45) is 3.72. The Hall–Kier alpha value is -0.980. The summed E-state index contributed by atoms with van der Waals surface area (Å²) in [5.41, 5.74) is 5.66. The molecule has 0 spiro atoms. The number of nitrogens with zero attached hydrogens (tertiary/aromatic N) is 4. The predicted octanol–water partition coefficient (Wildman–Crippen LogP) is -0.226. The van der Waals surface area contributed by atoms with E-state index in [4.69, 9.17) is 10.5 Å². The first-order valence-corrected chi connectivity index (χ1v) is 6.82. The number of aryl methyl sites for hydroxylation is 1. The van der Waals surface area contributed by atoms with Crippen LogP contribution in [0.4, 0.5) is 0 Å². The highest BCUT2D eigenvalue weighted by Gasteiger charge is 2.22. The van der Waals surface area contributed by atoms with Crippen LogP contribution in [0.5, 0.6) is 0 Å². The number of nitrogens with two attached hydrogens (primary N) is 1. The third kappa shape index (κ3) is 2.41. The molecule has 0 bridgehead atoms. The van der Waals surface area contributed by atoms with E-state index >= 15 is 0 Å². The summed E-state index contributed by atoms with van der Waals surface area (Å²) in [4.78, 5) is 2.37. The molecule has 1 aromatic heterocycles. The molecule has 1 aromatic rings. The minimum atomic E-state index is 0.169. The summed E-state index contributed by atoms with van der Waals surface area (Å²) >= 11 is 0. The summed E-state index contributed by atoms with van der Waals surface area (Å²) in [7, 11) is 0. The molecule has 0 radical (unpaired) electrons. The third-order valence-electron chi connectivity index (χ3n) is 3.79. The number of morpholine rings is 1. The molecule has 2 aliphatic heterocycles. The van der Waals surface area contributed by atoms with E-state index in [0.717, 1.165) is 50.9 Å². The quantitative estimate of drug-likeness (QED) is 0.804. The van der Waals surface area contributed by atoms with Crippen molar-refractivity contribution in [3.8, 4) is 0 Å². The molecule has 1 saturated heterocycles. The lowest BCUT2D eigenvalue weighted by Crippen LogP contribution is -2.45. The highest BCUT2D eigenvalue weighted by molar-refractivity contribution is 4.99. The number of fused-ring (bicyclic) bond motifs is 1. The number of hydrogen-bond donors (Lipinski definition) is 1. The highest BCUT2D eigenvalue weighted by atomic mass is 16.5. The van der Waals surface area contributed by atoms with Crippen molar-refractivity contribution in [2.45, 2.75) is 38.5 Å². The second kappa shape index (κ2) is 5.34. The Balaban J connectivity index is 1.67. The summed E-state index contributed by atoms with van der Waals surface area (Å²) in [5, 5.41) is 8.63. The minimum Gasteiger partial charge on any atom is -0.374 e. The predicted molar refractivity (Wildman–Crippen MR) is 67.0 cm³/mol. The molecule has 0 saturated carbocycles. The fourth-order valence-electron chi connectivity index (χ4n) is 2.75. The van der Waals surface area contributed by atoms with Crippen molar-refractivity contribution in [2.24, 2.45) is 5.73 Å². The van der Waals surface area contributed by atoms with Crippen LogP contribution in [0, 0.1) is 0 Å².